The number of hydrogen-bond donors (Lipinski definition) is 2. The molecule has 150 valence electrons. The van der Waals surface area contributed by atoms with Crippen LogP contribution < -0.4 is 11.1 Å². The number of benzene rings is 1. The Hall–Kier alpha value is -1.88. The maximum Gasteiger partial charge on any atom is 0.245 e. The van der Waals surface area contributed by atoms with Crippen LogP contribution in [0.3, 0.4) is 0 Å². The van der Waals surface area contributed by atoms with Gasteiger partial charge in [-0.1, -0.05) is 50.6 Å². The third-order valence-electron chi connectivity index (χ3n) is 5.40. The van der Waals surface area contributed by atoms with Crippen molar-refractivity contribution in [3.63, 3.8) is 0 Å². The van der Waals surface area contributed by atoms with Crippen LogP contribution in [0.2, 0.25) is 0 Å². The molecule has 5 nitrogen and oxygen atoms in total. The highest BCUT2D eigenvalue weighted by Gasteiger charge is 2.35. The molecular weight excluding hydrogens is 338 g/mol. The van der Waals surface area contributed by atoms with Crippen molar-refractivity contribution in [3.05, 3.63) is 35.9 Å². The summed E-state index contributed by atoms with van der Waals surface area (Å²) in [6.45, 7) is 6.37. The molecule has 0 aliphatic carbocycles. The fourth-order valence-electron chi connectivity index (χ4n) is 3.76. The van der Waals surface area contributed by atoms with Crippen LogP contribution in [-0.2, 0) is 16.0 Å². The molecule has 1 heterocycles. The van der Waals surface area contributed by atoms with E-state index >= 15 is 0 Å². The smallest absolute Gasteiger partial charge is 0.245 e. The molecule has 0 saturated carbocycles. The second kappa shape index (κ2) is 10.5. The summed E-state index contributed by atoms with van der Waals surface area (Å²) in [6.07, 6.45) is 6.47. The molecular formula is C22H35N3O2. The Labute approximate surface area is 163 Å². The number of carbonyl (C=O) groups is 2. The average molecular weight is 374 g/mol. The zero-order chi connectivity index (χ0) is 19.8. The van der Waals surface area contributed by atoms with Crippen molar-refractivity contribution in [2.45, 2.75) is 77.4 Å². The number of nitrogens with zero attached hydrogens (tertiary/aromatic N) is 1. The van der Waals surface area contributed by atoms with E-state index in [4.69, 9.17) is 5.73 Å². The predicted octanol–water partition coefficient (Wildman–Crippen LogP) is 2.88. The Balaban J connectivity index is 1.87. The van der Waals surface area contributed by atoms with Gasteiger partial charge in [0.1, 0.15) is 6.04 Å². The number of aryl methyl sites for hydroxylation is 1. The summed E-state index contributed by atoms with van der Waals surface area (Å²) in [5.41, 5.74) is 7.03. The lowest BCUT2D eigenvalue weighted by Gasteiger charge is -2.31. The fraction of sp³-hybridized carbons (Fsp3) is 0.636. The molecule has 0 unspecified atom stereocenters. The van der Waals surface area contributed by atoms with Crippen molar-refractivity contribution in [1.29, 1.82) is 0 Å². The fourth-order valence-corrected chi connectivity index (χ4v) is 3.76. The topological polar surface area (TPSA) is 75.4 Å². The molecule has 2 amide bonds. The molecule has 0 radical (unpaired) electrons. The van der Waals surface area contributed by atoms with Crippen molar-refractivity contribution in [2.75, 3.05) is 6.54 Å². The van der Waals surface area contributed by atoms with Crippen molar-refractivity contribution in [2.24, 2.45) is 11.7 Å². The van der Waals surface area contributed by atoms with E-state index < -0.39 is 12.1 Å². The lowest BCUT2D eigenvalue weighted by atomic mass is 10.00. The van der Waals surface area contributed by atoms with E-state index in [1.54, 1.807) is 6.92 Å². The second-order valence-corrected chi connectivity index (χ2v) is 8.08. The molecule has 1 fully saturated rings. The number of carbonyl (C=O) groups excluding carboxylic acids is 2. The monoisotopic (exact) mass is 373 g/mol. The number of hydrogen-bond acceptors (Lipinski definition) is 3. The molecule has 1 aliphatic rings. The minimum Gasteiger partial charge on any atom is -0.343 e. The maximum atomic E-state index is 13.1. The van der Waals surface area contributed by atoms with Gasteiger partial charge >= 0.3 is 0 Å². The molecule has 0 bridgehead atoms. The summed E-state index contributed by atoms with van der Waals surface area (Å²) in [5.74, 6) is -0.176. The number of rotatable bonds is 9. The molecule has 1 aromatic rings. The molecule has 3 N–H and O–H groups in total. The first-order chi connectivity index (χ1) is 12.9. The van der Waals surface area contributed by atoms with Crippen molar-refractivity contribution < 1.29 is 9.59 Å². The predicted molar refractivity (Wildman–Crippen MR) is 109 cm³/mol. The Bertz CT molecular complexity index is 601. The quantitative estimate of drug-likeness (QED) is 0.654. The molecule has 1 aliphatic heterocycles. The third kappa shape index (κ3) is 6.35. The molecule has 0 spiro atoms. The number of unbranched alkanes of at least 4 members (excludes halogenated alkanes) is 1. The van der Waals surface area contributed by atoms with E-state index in [-0.39, 0.29) is 17.7 Å². The lowest BCUT2D eigenvalue weighted by Crippen LogP contribution is -2.55. The minimum atomic E-state index is -0.605. The van der Waals surface area contributed by atoms with E-state index in [9.17, 15) is 9.59 Å². The summed E-state index contributed by atoms with van der Waals surface area (Å²) >= 11 is 0. The van der Waals surface area contributed by atoms with Gasteiger partial charge in [0, 0.05) is 12.6 Å². The van der Waals surface area contributed by atoms with Gasteiger partial charge in [-0.15, -0.1) is 0 Å². The van der Waals surface area contributed by atoms with Crippen LogP contribution in [-0.4, -0.2) is 41.4 Å². The molecule has 5 heteroatoms. The van der Waals surface area contributed by atoms with Crippen LogP contribution >= 0.6 is 0 Å². The van der Waals surface area contributed by atoms with Crippen LogP contribution in [0.15, 0.2) is 30.3 Å². The Morgan fingerprint density at radius 3 is 2.52 bits per heavy atom. The van der Waals surface area contributed by atoms with Crippen LogP contribution in [0, 0.1) is 5.92 Å². The number of likely N-dealkylation sites (tertiary alicyclic amines) is 1. The van der Waals surface area contributed by atoms with E-state index in [0.29, 0.717) is 6.04 Å². The second-order valence-electron chi connectivity index (χ2n) is 8.08. The minimum absolute atomic E-state index is 0.0412. The van der Waals surface area contributed by atoms with Crippen LogP contribution in [0.4, 0.5) is 0 Å². The van der Waals surface area contributed by atoms with Gasteiger partial charge in [-0.25, -0.2) is 0 Å². The highest BCUT2D eigenvalue weighted by molar-refractivity contribution is 5.90. The first kappa shape index (κ1) is 21.4. The maximum absolute atomic E-state index is 13.1. The highest BCUT2D eigenvalue weighted by Crippen LogP contribution is 2.24. The molecule has 1 saturated heterocycles. The van der Waals surface area contributed by atoms with Crippen molar-refractivity contribution >= 4 is 11.8 Å². The summed E-state index contributed by atoms with van der Waals surface area (Å²) in [7, 11) is 0. The zero-order valence-corrected chi connectivity index (χ0v) is 17.0. The van der Waals surface area contributed by atoms with Gasteiger partial charge in [-0.3, -0.25) is 9.59 Å². The largest absolute Gasteiger partial charge is 0.343 e. The molecule has 3 atom stereocenters. The van der Waals surface area contributed by atoms with Gasteiger partial charge in [0.25, 0.3) is 0 Å². The number of nitrogens with one attached hydrogen (secondary N) is 1. The van der Waals surface area contributed by atoms with Crippen LogP contribution in [0.1, 0.15) is 58.4 Å². The molecule has 2 rings (SSSR count). The van der Waals surface area contributed by atoms with Gasteiger partial charge in [-0.2, -0.15) is 0 Å². The average Bonchev–Trinajstić information content (AvgIpc) is 3.11. The van der Waals surface area contributed by atoms with Crippen LogP contribution in [0.25, 0.3) is 0 Å². The van der Waals surface area contributed by atoms with Gasteiger partial charge < -0.3 is 16.0 Å². The van der Waals surface area contributed by atoms with Gasteiger partial charge in [-0.05, 0) is 50.5 Å². The van der Waals surface area contributed by atoms with Crippen molar-refractivity contribution in [1.82, 2.24) is 10.2 Å². The SMILES string of the molecule is CC(C)[C@H](NC(=O)[C@H](C)N)C(=O)N1CCC[C@H]1CCCCc1ccccc1. The summed E-state index contributed by atoms with van der Waals surface area (Å²) in [6, 6.07) is 9.73. The van der Waals surface area contributed by atoms with Gasteiger partial charge in [0.2, 0.25) is 11.8 Å². The number of amides is 2. The van der Waals surface area contributed by atoms with Crippen molar-refractivity contribution in [3.8, 4) is 0 Å². The normalized spacial score (nSPS) is 19.1. The first-order valence-corrected chi connectivity index (χ1v) is 10.3. The van der Waals surface area contributed by atoms with E-state index in [2.05, 4.69) is 29.6 Å². The first-order valence-electron chi connectivity index (χ1n) is 10.3. The van der Waals surface area contributed by atoms with E-state index in [0.717, 1.165) is 45.1 Å². The van der Waals surface area contributed by atoms with E-state index in [1.807, 2.05) is 24.8 Å². The molecule has 1 aromatic carbocycles. The standard InChI is InChI=1S/C22H35N3O2/c1-16(2)20(24-21(26)17(3)23)22(27)25-15-9-14-19(25)13-8-7-12-18-10-5-4-6-11-18/h4-6,10-11,16-17,19-20H,7-9,12-15,23H2,1-3H3,(H,24,26)/t17-,19+,20-/m0/s1. The Morgan fingerprint density at radius 1 is 1.19 bits per heavy atom. The lowest BCUT2D eigenvalue weighted by molar-refractivity contribution is -0.138. The summed E-state index contributed by atoms with van der Waals surface area (Å²) in [4.78, 5) is 27.1. The van der Waals surface area contributed by atoms with Gasteiger partial charge in [0.05, 0.1) is 6.04 Å². The summed E-state index contributed by atoms with van der Waals surface area (Å²) in [5, 5.41) is 2.85. The molecule has 27 heavy (non-hydrogen) atoms. The Kier molecular flexibility index (Phi) is 8.29. The van der Waals surface area contributed by atoms with Crippen LogP contribution in [0.5, 0.6) is 0 Å². The van der Waals surface area contributed by atoms with E-state index in [1.165, 1.54) is 5.56 Å². The highest BCUT2D eigenvalue weighted by atomic mass is 16.2. The third-order valence-corrected chi connectivity index (χ3v) is 5.40. The summed E-state index contributed by atoms with van der Waals surface area (Å²) < 4.78 is 0. The number of nitrogens with two attached hydrogens (primary N) is 1. The van der Waals surface area contributed by atoms with Gasteiger partial charge in [0.15, 0.2) is 0 Å². The Morgan fingerprint density at radius 2 is 1.89 bits per heavy atom. The zero-order valence-electron chi connectivity index (χ0n) is 17.0. The molecule has 0 aromatic heterocycles.